The van der Waals surface area contributed by atoms with E-state index >= 15 is 0 Å². The Bertz CT molecular complexity index is 140. The van der Waals surface area contributed by atoms with E-state index in [1.807, 2.05) is 0 Å². The Morgan fingerprint density at radius 2 is 2.17 bits per heavy atom. The topological polar surface area (TPSA) is 79.2 Å². The lowest BCUT2D eigenvalue weighted by molar-refractivity contribution is -0.262. The summed E-state index contributed by atoms with van der Waals surface area (Å²) in [7, 11) is 1.38. The summed E-state index contributed by atoms with van der Waals surface area (Å²) in [5, 5.41) is 27.3. The quantitative estimate of drug-likeness (QED) is 0.477. The summed E-state index contributed by atoms with van der Waals surface area (Å²) in [6.07, 6.45) is -2.98. The number of methoxy groups -OCH3 is 1. The molecule has 3 N–H and O–H groups in total. The van der Waals surface area contributed by atoms with E-state index in [2.05, 4.69) is 0 Å². The Hall–Kier alpha value is -0.200. The summed E-state index contributed by atoms with van der Waals surface area (Å²) >= 11 is 0. The fourth-order valence-corrected chi connectivity index (χ4v) is 1.23. The molecule has 0 aromatic carbocycles. The van der Waals surface area contributed by atoms with Crippen molar-refractivity contribution in [1.29, 1.82) is 0 Å². The van der Waals surface area contributed by atoms with Crippen LogP contribution in [0.1, 0.15) is 6.42 Å². The van der Waals surface area contributed by atoms with Crippen LogP contribution in [-0.2, 0) is 9.47 Å². The van der Waals surface area contributed by atoms with Gasteiger partial charge in [0.25, 0.3) is 0 Å². The van der Waals surface area contributed by atoms with E-state index in [0.717, 1.165) is 0 Å². The molecule has 1 unspecified atom stereocenters. The molecule has 1 saturated heterocycles. The van der Waals surface area contributed by atoms with Crippen LogP contribution in [0.3, 0.4) is 0 Å². The Morgan fingerprint density at radius 1 is 1.50 bits per heavy atom. The zero-order valence-electron chi connectivity index (χ0n) is 6.88. The lowest BCUT2D eigenvalue weighted by atomic mass is 10.0. The first kappa shape index (κ1) is 9.88. The Labute approximate surface area is 70.5 Å². The van der Waals surface area contributed by atoms with Gasteiger partial charge in [-0.05, 0) is 0 Å². The van der Waals surface area contributed by atoms with E-state index in [-0.39, 0.29) is 13.0 Å². The fourth-order valence-electron chi connectivity index (χ4n) is 1.23. The molecular weight excluding hydrogens is 164 g/mol. The maximum Gasteiger partial charge on any atom is 0.186 e. The van der Waals surface area contributed by atoms with E-state index in [9.17, 15) is 10.2 Å². The van der Waals surface area contributed by atoms with Gasteiger partial charge in [-0.15, -0.1) is 0 Å². The van der Waals surface area contributed by atoms with Crippen molar-refractivity contribution in [3.63, 3.8) is 0 Å². The van der Waals surface area contributed by atoms with Crippen LogP contribution >= 0.6 is 0 Å². The Balaban J connectivity index is 2.52. The number of rotatable bonds is 2. The average Bonchev–Trinajstić information content (AvgIpc) is 2.09. The molecule has 1 heterocycles. The molecule has 12 heavy (non-hydrogen) atoms. The molecule has 72 valence electrons. The molecule has 0 radical (unpaired) electrons. The van der Waals surface area contributed by atoms with Crippen molar-refractivity contribution >= 4 is 0 Å². The minimum absolute atomic E-state index is 0.177. The third-order valence-electron chi connectivity index (χ3n) is 1.94. The van der Waals surface area contributed by atoms with Gasteiger partial charge in [0.15, 0.2) is 6.29 Å². The minimum Gasteiger partial charge on any atom is -0.394 e. The summed E-state index contributed by atoms with van der Waals surface area (Å²) in [5.41, 5.74) is 0. The van der Waals surface area contributed by atoms with Crippen molar-refractivity contribution in [3.8, 4) is 0 Å². The molecular formula is C7H14O5. The predicted octanol–water partition coefficient (Wildman–Crippen LogP) is -1.54. The molecule has 0 saturated carbocycles. The SMILES string of the molecule is CO[C@H]1OC(CO)C[C@H](O)[C@@H]1O. The fraction of sp³-hybridized carbons (Fsp3) is 1.00. The normalized spacial score (nSPS) is 43.0. The van der Waals surface area contributed by atoms with E-state index < -0.39 is 24.6 Å². The van der Waals surface area contributed by atoms with Crippen LogP contribution in [0, 0.1) is 0 Å². The molecule has 1 aliphatic rings. The highest BCUT2D eigenvalue weighted by molar-refractivity contribution is 4.80. The molecule has 1 rings (SSSR count). The van der Waals surface area contributed by atoms with Crippen molar-refractivity contribution < 1.29 is 24.8 Å². The highest BCUT2D eigenvalue weighted by atomic mass is 16.7. The number of ether oxygens (including phenoxy) is 2. The summed E-state index contributed by atoms with van der Waals surface area (Å²) in [5.74, 6) is 0. The van der Waals surface area contributed by atoms with Crippen molar-refractivity contribution in [2.24, 2.45) is 0 Å². The first-order chi connectivity index (χ1) is 5.69. The van der Waals surface area contributed by atoms with E-state index in [1.165, 1.54) is 7.11 Å². The van der Waals surface area contributed by atoms with Crippen LogP contribution in [0.2, 0.25) is 0 Å². The smallest absolute Gasteiger partial charge is 0.186 e. The minimum atomic E-state index is -1.03. The number of aliphatic hydroxyl groups is 3. The maximum atomic E-state index is 9.27. The van der Waals surface area contributed by atoms with E-state index in [1.54, 1.807) is 0 Å². The van der Waals surface area contributed by atoms with Gasteiger partial charge >= 0.3 is 0 Å². The molecule has 4 atom stereocenters. The second kappa shape index (κ2) is 4.15. The predicted molar refractivity (Wildman–Crippen MR) is 39.4 cm³/mol. The first-order valence-corrected chi connectivity index (χ1v) is 3.84. The highest BCUT2D eigenvalue weighted by Crippen LogP contribution is 2.20. The molecule has 5 nitrogen and oxygen atoms in total. The maximum absolute atomic E-state index is 9.27. The Morgan fingerprint density at radius 3 is 2.67 bits per heavy atom. The zero-order valence-corrected chi connectivity index (χ0v) is 6.88. The standard InChI is InChI=1S/C7H14O5/c1-11-7-6(10)5(9)2-4(3-8)12-7/h4-10H,2-3H2,1H3/t4?,5-,6-,7-/m0/s1. The summed E-state index contributed by atoms with van der Waals surface area (Å²) < 4.78 is 9.85. The average molecular weight is 178 g/mol. The van der Waals surface area contributed by atoms with Crippen molar-refractivity contribution in [3.05, 3.63) is 0 Å². The van der Waals surface area contributed by atoms with Crippen LogP contribution < -0.4 is 0 Å². The second-order valence-electron chi connectivity index (χ2n) is 2.84. The largest absolute Gasteiger partial charge is 0.394 e. The summed E-state index contributed by atoms with van der Waals surface area (Å²) in [6, 6.07) is 0. The number of hydrogen-bond donors (Lipinski definition) is 3. The van der Waals surface area contributed by atoms with Gasteiger partial charge < -0.3 is 24.8 Å². The molecule has 1 fully saturated rings. The van der Waals surface area contributed by atoms with Gasteiger partial charge in [0.1, 0.15) is 6.10 Å². The molecule has 0 aliphatic carbocycles. The van der Waals surface area contributed by atoms with Crippen LogP contribution in [-0.4, -0.2) is 53.6 Å². The molecule has 5 heteroatoms. The van der Waals surface area contributed by atoms with Crippen LogP contribution in [0.15, 0.2) is 0 Å². The highest BCUT2D eigenvalue weighted by Gasteiger charge is 2.36. The van der Waals surface area contributed by atoms with Gasteiger partial charge in [-0.1, -0.05) is 0 Å². The molecule has 0 bridgehead atoms. The summed E-state index contributed by atoms with van der Waals surface area (Å²) in [6.45, 7) is -0.177. The zero-order chi connectivity index (χ0) is 9.14. The third kappa shape index (κ3) is 1.94. The second-order valence-corrected chi connectivity index (χ2v) is 2.84. The molecule has 0 aromatic heterocycles. The van der Waals surface area contributed by atoms with Gasteiger partial charge in [0, 0.05) is 13.5 Å². The Kier molecular flexibility index (Phi) is 3.42. The monoisotopic (exact) mass is 178 g/mol. The summed E-state index contributed by atoms with van der Waals surface area (Å²) in [4.78, 5) is 0. The van der Waals surface area contributed by atoms with Gasteiger partial charge in [-0.2, -0.15) is 0 Å². The number of aliphatic hydroxyl groups excluding tert-OH is 3. The van der Waals surface area contributed by atoms with Gasteiger partial charge in [0.05, 0.1) is 18.8 Å². The first-order valence-electron chi connectivity index (χ1n) is 3.84. The van der Waals surface area contributed by atoms with Gasteiger partial charge in [-0.25, -0.2) is 0 Å². The molecule has 0 spiro atoms. The molecule has 1 aliphatic heterocycles. The van der Waals surface area contributed by atoms with Crippen molar-refractivity contribution in [1.82, 2.24) is 0 Å². The lowest BCUT2D eigenvalue weighted by Gasteiger charge is -2.35. The van der Waals surface area contributed by atoms with E-state index in [0.29, 0.717) is 0 Å². The van der Waals surface area contributed by atoms with Crippen LogP contribution in [0.25, 0.3) is 0 Å². The van der Waals surface area contributed by atoms with E-state index in [4.69, 9.17) is 14.6 Å². The van der Waals surface area contributed by atoms with Crippen LogP contribution in [0.5, 0.6) is 0 Å². The van der Waals surface area contributed by atoms with Crippen molar-refractivity contribution in [2.75, 3.05) is 13.7 Å². The lowest BCUT2D eigenvalue weighted by Crippen LogP contribution is -2.49. The molecule has 0 amide bonds. The van der Waals surface area contributed by atoms with Crippen molar-refractivity contribution in [2.45, 2.75) is 31.0 Å². The van der Waals surface area contributed by atoms with Gasteiger partial charge in [0.2, 0.25) is 0 Å². The molecule has 0 aromatic rings. The third-order valence-corrected chi connectivity index (χ3v) is 1.94. The van der Waals surface area contributed by atoms with Gasteiger partial charge in [-0.3, -0.25) is 0 Å². The number of hydrogen-bond acceptors (Lipinski definition) is 5. The van der Waals surface area contributed by atoms with Crippen LogP contribution in [0.4, 0.5) is 0 Å².